The van der Waals surface area contributed by atoms with Gasteiger partial charge >= 0.3 is 0 Å². The van der Waals surface area contributed by atoms with Gasteiger partial charge in [0, 0.05) is 8.07 Å². The smallest absolute Gasteiger partial charge is 0.0482 e. The van der Waals surface area contributed by atoms with Gasteiger partial charge in [0.2, 0.25) is 0 Å². The molecule has 0 N–H and O–H groups in total. The van der Waals surface area contributed by atoms with E-state index in [1.54, 1.807) is 0 Å². The lowest BCUT2D eigenvalue weighted by Crippen LogP contribution is -2.21. The molecular formula is C10H21Si. The highest BCUT2D eigenvalue weighted by Gasteiger charge is 2.54. The first kappa shape index (κ1) is 9.31. The molecule has 1 aliphatic rings. The lowest BCUT2D eigenvalue weighted by atomic mass is 10.2. The Labute approximate surface area is 72.4 Å². The minimum Gasteiger partial charge on any atom is -0.0693 e. The maximum atomic E-state index is 2.50. The zero-order valence-corrected chi connectivity index (χ0v) is 9.57. The summed E-state index contributed by atoms with van der Waals surface area (Å²) in [4.78, 5) is 0. The SMILES string of the molecule is CC[C]1C(CC)C1[Si](C)(C)C. The molecule has 0 aromatic carbocycles. The van der Waals surface area contributed by atoms with E-state index in [9.17, 15) is 0 Å². The van der Waals surface area contributed by atoms with Crippen LogP contribution in [0.5, 0.6) is 0 Å². The molecule has 0 bridgehead atoms. The third kappa shape index (κ3) is 1.69. The Morgan fingerprint density at radius 3 is 1.82 bits per heavy atom. The summed E-state index contributed by atoms with van der Waals surface area (Å²) in [7, 11) is -0.829. The molecule has 0 heterocycles. The van der Waals surface area contributed by atoms with Gasteiger partial charge in [-0.15, -0.1) is 0 Å². The lowest BCUT2D eigenvalue weighted by Gasteiger charge is -2.15. The van der Waals surface area contributed by atoms with Crippen LogP contribution < -0.4 is 0 Å². The van der Waals surface area contributed by atoms with Crippen molar-refractivity contribution in [3.63, 3.8) is 0 Å². The standard InChI is InChI=1S/C10H21Si/c1-6-8-9(7-2)10(8)11(3,4)5/h8,10H,6-7H2,1-5H3. The Kier molecular flexibility index (Phi) is 2.48. The zero-order chi connectivity index (χ0) is 8.65. The predicted molar refractivity (Wildman–Crippen MR) is 54.4 cm³/mol. The molecule has 1 fully saturated rings. The van der Waals surface area contributed by atoms with Crippen LogP contribution in [0.3, 0.4) is 0 Å². The molecule has 1 aliphatic carbocycles. The molecule has 11 heavy (non-hydrogen) atoms. The third-order valence-electron chi connectivity index (χ3n) is 2.95. The zero-order valence-electron chi connectivity index (χ0n) is 8.57. The van der Waals surface area contributed by atoms with E-state index in [0.29, 0.717) is 0 Å². The summed E-state index contributed by atoms with van der Waals surface area (Å²) in [6, 6.07) is 0. The average Bonchev–Trinajstić information content (AvgIpc) is 2.58. The van der Waals surface area contributed by atoms with Gasteiger partial charge in [-0.1, -0.05) is 39.9 Å². The molecule has 0 aliphatic heterocycles. The van der Waals surface area contributed by atoms with Gasteiger partial charge < -0.3 is 0 Å². The van der Waals surface area contributed by atoms with E-state index < -0.39 is 8.07 Å². The molecule has 0 aromatic rings. The molecule has 1 heteroatoms. The Balaban J connectivity index is 2.51. The molecule has 1 saturated carbocycles. The van der Waals surface area contributed by atoms with E-state index in [2.05, 4.69) is 33.5 Å². The fraction of sp³-hybridized carbons (Fsp3) is 0.900. The van der Waals surface area contributed by atoms with Crippen molar-refractivity contribution in [2.45, 2.75) is 51.9 Å². The first-order valence-electron chi connectivity index (χ1n) is 4.88. The summed E-state index contributed by atoms with van der Waals surface area (Å²) < 4.78 is 0. The van der Waals surface area contributed by atoms with E-state index in [1.807, 2.05) is 5.92 Å². The van der Waals surface area contributed by atoms with Crippen LogP contribution in [0.1, 0.15) is 26.7 Å². The van der Waals surface area contributed by atoms with E-state index in [1.165, 1.54) is 12.8 Å². The van der Waals surface area contributed by atoms with Crippen molar-refractivity contribution in [1.29, 1.82) is 0 Å². The fourth-order valence-corrected chi connectivity index (χ4v) is 5.61. The van der Waals surface area contributed by atoms with Crippen LogP contribution in [0.25, 0.3) is 0 Å². The fourth-order valence-electron chi connectivity index (χ4n) is 2.52. The number of rotatable bonds is 3. The lowest BCUT2D eigenvalue weighted by molar-refractivity contribution is 0.785. The van der Waals surface area contributed by atoms with Crippen molar-refractivity contribution < 1.29 is 0 Å². The van der Waals surface area contributed by atoms with Crippen LogP contribution in [-0.4, -0.2) is 8.07 Å². The van der Waals surface area contributed by atoms with Gasteiger partial charge in [-0.25, -0.2) is 0 Å². The average molecular weight is 169 g/mol. The minimum absolute atomic E-state index is 0.829. The van der Waals surface area contributed by atoms with Gasteiger partial charge in [0.25, 0.3) is 0 Å². The second-order valence-electron chi connectivity index (χ2n) is 4.79. The molecule has 0 aromatic heterocycles. The summed E-state index contributed by atoms with van der Waals surface area (Å²) in [5.41, 5.74) is 1.07. The van der Waals surface area contributed by atoms with Crippen molar-refractivity contribution in [1.82, 2.24) is 0 Å². The van der Waals surface area contributed by atoms with Gasteiger partial charge in [0.1, 0.15) is 0 Å². The Bertz CT molecular complexity index is 124. The Morgan fingerprint density at radius 2 is 1.73 bits per heavy atom. The molecule has 1 radical (unpaired) electrons. The van der Waals surface area contributed by atoms with E-state index in [4.69, 9.17) is 0 Å². The van der Waals surface area contributed by atoms with Gasteiger partial charge in [0.05, 0.1) is 0 Å². The minimum atomic E-state index is -0.829. The second kappa shape index (κ2) is 2.93. The van der Waals surface area contributed by atoms with Crippen LogP contribution in [0.15, 0.2) is 0 Å². The molecule has 0 amide bonds. The molecule has 2 atom stereocenters. The first-order valence-corrected chi connectivity index (χ1v) is 8.45. The van der Waals surface area contributed by atoms with Crippen LogP contribution in [0, 0.1) is 11.8 Å². The van der Waals surface area contributed by atoms with E-state index in [0.717, 1.165) is 11.5 Å². The highest BCUT2D eigenvalue weighted by Crippen LogP contribution is 2.62. The monoisotopic (exact) mass is 169 g/mol. The van der Waals surface area contributed by atoms with Crippen molar-refractivity contribution in [3.05, 3.63) is 5.92 Å². The van der Waals surface area contributed by atoms with E-state index >= 15 is 0 Å². The maximum absolute atomic E-state index is 2.50. The van der Waals surface area contributed by atoms with Gasteiger partial charge in [-0.05, 0) is 23.8 Å². The molecule has 1 rings (SSSR count). The molecular weight excluding hydrogens is 148 g/mol. The highest BCUT2D eigenvalue weighted by atomic mass is 28.3. The highest BCUT2D eigenvalue weighted by molar-refractivity contribution is 6.79. The summed E-state index contributed by atoms with van der Waals surface area (Å²) >= 11 is 0. The molecule has 2 unspecified atom stereocenters. The third-order valence-corrected chi connectivity index (χ3v) is 5.59. The predicted octanol–water partition coefficient (Wildman–Crippen LogP) is 3.72. The topological polar surface area (TPSA) is 0 Å². The molecule has 0 saturated heterocycles. The Hall–Kier alpha value is 0.217. The normalized spacial score (nSPS) is 32.5. The van der Waals surface area contributed by atoms with Gasteiger partial charge in [0.15, 0.2) is 0 Å². The van der Waals surface area contributed by atoms with Crippen LogP contribution in [-0.2, 0) is 0 Å². The molecule has 65 valence electrons. The maximum Gasteiger partial charge on any atom is 0.0482 e. The van der Waals surface area contributed by atoms with Crippen LogP contribution in [0.2, 0.25) is 25.2 Å². The van der Waals surface area contributed by atoms with Crippen LogP contribution in [0.4, 0.5) is 0 Å². The quantitative estimate of drug-likeness (QED) is 0.565. The summed E-state index contributed by atoms with van der Waals surface area (Å²) in [6.45, 7) is 12.2. The van der Waals surface area contributed by atoms with Crippen molar-refractivity contribution in [3.8, 4) is 0 Å². The van der Waals surface area contributed by atoms with Gasteiger partial charge in [-0.2, -0.15) is 0 Å². The van der Waals surface area contributed by atoms with Crippen molar-refractivity contribution in [2.75, 3.05) is 0 Å². The largest absolute Gasteiger partial charge is 0.0693 e. The van der Waals surface area contributed by atoms with Crippen LogP contribution >= 0.6 is 0 Å². The van der Waals surface area contributed by atoms with Crippen molar-refractivity contribution >= 4 is 8.07 Å². The molecule has 0 nitrogen and oxygen atoms in total. The summed E-state index contributed by atoms with van der Waals surface area (Å²) in [6.07, 6.45) is 2.73. The first-order chi connectivity index (χ1) is 5.02. The summed E-state index contributed by atoms with van der Waals surface area (Å²) in [5.74, 6) is 2.90. The second-order valence-corrected chi connectivity index (χ2v) is 10.1. The van der Waals surface area contributed by atoms with E-state index in [-0.39, 0.29) is 0 Å². The number of hydrogen-bond acceptors (Lipinski definition) is 0. The summed E-state index contributed by atoms with van der Waals surface area (Å²) in [5, 5.41) is 0. The van der Waals surface area contributed by atoms with Gasteiger partial charge in [-0.3, -0.25) is 0 Å². The Morgan fingerprint density at radius 1 is 1.18 bits per heavy atom. The van der Waals surface area contributed by atoms with Crippen molar-refractivity contribution in [2.24, 2.45) is 5.92 Å². The number of hydrogen-bond donors (Lipinski definition) is 0. The molecule has 0 spiro atoms.